The second-order valence-electron chi connectivity index (χ2n) is 8.82. The molecule has 1 amide bonds. The Labute approximate surface area is 230 Å². The van der Waals surface area contributed by atoms with E-state index in [4.69, 9.17) is 39.8 Å². The normalized spacial score (nSPS) is 17.1. The molecular formula is C28H24Cl2N4O2S. The van der Waals surface area contributed by atoms with Gasteiger partial charge >= 0.3 is 0 Å². The summed E-state index contributed by atoms with van der Waals surface area (Å²) in [5, 5.41) is 7.80. The molecule has 6 nitrogen and oxygen atoms in total. The van der Waals surface area contributed by atoms with Gasteiger partial charge in [0.15, 0.2) is 5.11 Å². The summed E-state index contributed by atoms with van der Waals surface area (Å²) >= 11 is 18.0. The highest BCUT2D eigenvalue weighted by Crippen LogP contribution is 2.41. The van der Waals surface area contributed by atoms with E-state index in [1.807, 2.05) is 72.5 Å². The average molecular weight is 551 g/mol. The van der Waals surface area contributed by atoms with E-state index < -0.39 is 0 Å². The molecule has 2 aromatic carbocycles. The highest BCUT2D eigenvalue weighted by Gasteiger charge is 2.41. The topological polar surface area (TPSA) is 70.4 Å². The number of carbonyl (C=O) groups excluding carboxylic acids is 1. The average Bonchev–Trinajstić information content (AvgIpc) is 3.51. The van der Waals surface area contributed by atoms with Crippen molar-refractivity contribution in [2.75, 3.05) is 11.9 Å². The lowest BCUT2D eigenvalue weighted by atomic mass is 10.0. The number of hydrogen-bond acceptors (Lipinski definition) is 4. The van der Waals surface area contributed by atoms with E-state index in [2.05, 4.69) is 15.6 Å². The molecule has 1 aliphatic rings. The van der Waals surface area contributed by atoms with Crippen LogP contribution in [0, 0.1) is 6.92 Å². The second kappa shape index (κ2) is 10.9. The maximum atomic E-state index is 12.7. The SMILES string of the molecule is Cc1ccc(NC(=O)CCN2C(=S)N[C@H](c3ccccn3)[C@@H]2c2ccc(-c3ccc(Cl)c(Cl)c3)o2)cc1. The Morgan fingerprint density at radius 3 is 2.62 bits per heavy atom. The Morgan fingerprint density at radius 2 is 1.89 bits per heavy atom. The highest BCUT2D eigenvalue weighted by molar-refractivity contribution is 7.80. The van der Waals surface area contributed by atoms with Crippen molar-refractivity contribution < 1.29 is 9.21 Å². The van der Waals surface area contributed by atoms with Gasteiger partial charge in [0.25, 0.3) is 0 Å². The molecule has 2 N–H and O–H groups in total. The van der Waals surface area contributed by atoms with Crippen LogP contribution in [-0.4, -0.2) is 27.4 Å². The number of benzene rings is 2. The molecule has 0 bridgehead atoms. The molecule has 1 fully saturated rings. The van der Waals surface area contributed by atoms with Gasteiger partial charge in [-0.25, -0.2) is 0 Å². The monoisotopic (exact) mass is 550 g/mol. The Bertz CT molecular complexity index is 1430. The number of hydrogen-bond donors (Lipinski definition) is 2. The van der Waals surface area contributed by atoms with Crippen LogP contribution in [0.5, 0.6) is 0 Å². The van der Waals surface area contributed by atoms with Crippen LogP contribution < -0.4 is 10.6 Å². The molecule has 1 saturated heterocycles. The van der Waals surface area contributed by atoms with Crippen LogP contribution in [0.2, 0.25) is 10.0 Å². The van der Waals surface area contributed by atoms with Crippen molar-refractivity contribution in [2.45, 2.75) is 25.4 Å². The minimum absolute atomic E-state index is 0.0948. The van der Waals surface area contributed by atoms with Gasteiger partial charge in [-0.3, -0.25) is 9.78 Å². The van der Waals surface area contributed by atoms with Gasteiger partial charge < -0.3 is 20.0 Å². The molecular weight excluding hydrogens is 527 g/mol. The smallest absolute Gasteiger partial charge is 0.226 e. The predicted octanol–water partition coefficient (Wildman–Crippen LogP) is 6.96. The minimum Gasteiger partial charge on any atom is -0.459 e. The molecule has 188 valence electrons. The van der Waals surface area contributed by atoms with Crippen molar-refractivity contribution in [2.24, 2.45) is 0 Å². The van der Waals surface area contributed by atoms with E-state index in [0.29, 0.717) is 33.2 Å². The zero-order valence-electron chi connectivity index (χ0n) is 19.9. The molecule has 5 rings (SSSR count). The van der Waals surface area contributed by atoms with Crippen molar-refractivity contribution >= 4 is 52.1 Å². The summed E-state index contributed by atoms with van der Waals surface area (Å²) in [4.78, 5) is 19.3. The van der Waals surface area contributed by atoms with Crippen LogP contribution in [0.15, 0.2) is 83.4 Å². The van der Waals surface area contributed by atoms with Crippen LogP contribution in [0.1, 0.15) is 35.5 Å². The molecule has 1 aliphatic heterocycles. The molecule has 3 heterocycles. The fourth-order valence-electron chi connectivity index (χ4n) is 4.35. The number of anilines is 1. The van der Waals surface area contributed by atoms with Crippen molar-refractivity contribution in [3.8, 4) is 11.3 Å². The number of aryl methyl sites for hydroxylation is 1. The maximum Gasteiger partial charge on any atom is 0.226 e. The van der Waals surface area contributed by atoms with E-state index >= 15 is 0 Å². The number of thiocarbonyl (C=S) groups is 1. The molecule has 0 radical (unpaired) electrons. The summed E-state index contributed by atoms with van der Waals surface area (Å²) in [5.41, 5.74) is 3.54. The number of pyridine rings is 1. The summed E-state index contributed by atoms with van der Waals surface area (Å²) in [7, 11) is 0. The lowest BCUT2D eigenvalue weighted by Gasteiger charge is -2.25. The zero-order valence-corrected chi connectivity index (χ0v) is 22.3. The van der Waals surface area contributed by atoms with Crippen LogP contribution in [-0.2, 0) is 4.79 Å². The quantitative estimate of drug-likeness (QED) is 0.242. The van der Waals surface area contributed by atoms with Crippen LogP contribution in [0.25, 0.3) is 11.3 Å². The second-order valence-corrected chi connectivity index (χ2v) is 10.0. The number of rotatable bonds is 7. The van der Waals surface area contributed by atoms with Gasteiger partial charge in [0.1, 0.15) is 17.6 Å². The van der Waals surface area contributed by atoms with E-state index in [-0.39, 0.29) is 24.4 Å². The van der Waals surface area contributed by atoms with Gasteiger partial charge in [-0.1, -0.05) is 47.0 Å². The number of furan rings is 1. The van der Waals surface area contributed by atoms with E-state index in [0.717, 1.165) is 22.5 Å². The molecule has 9 heteroatoms. The molecule has 4 aromatic rings. The van der Waals surface area contributed by atoms with E-state index in [9.17, 15) is 4.79 Å². The van der Waals surface area contributed by atoms with Crippen LogP contribution >= 0.6 is 35.4 Å². The van der Waals surface area contributed by atoms with Crippen LogP contribution in [0.3, 0.4) is 0 Å². The van der Waals surface area contributed by atoms with Crippen molar-refractivity contribution in [3.63, 3.8) is 0 Å². The van der Waals surface area contributed by atoms with E-state index in [1.165, 1.54) is 0 Å². The molecule has 0 spiro atoms. The van der Waals surface area contributed by atoms with Crippen molar-refractivity contribution in [1.82, 2.24) is 15.2 Å². The number of carbonyl (C=O) groups is 1. The number of amides is 1. The minimum atomic E-state index is -0.300. The van der Waals surface area contributed by atoms with Gasteiger partial charge in [-0.2, -0.15) is 0 Å². The molecule has 37 heavy (non-hydrogen) atoms. The Morgan fingerprint density at radius 1 is 1.08 bits per heavy atom. The summed E-state index contributed by atoms with van der Waals surface area (Å²) in [5.74, 6) is 1.26. The van der Waals surface area contributed by atoms with E-state index in [1.54, 1.807) is 18.3 Å². The summed E-state index contributed by atoms with van der Waals surface area (Å²) < 4.78 is 6.32. The van der Waals surface area contributed by atoms with Gasteiger partial charge in [0.2, 0.25) is 5.91 Å². The lowest BCUT2D eigenvalue weighted by Crippen LogP contribution is -2.32. The van der Waals surface area contributed by atoms with Gasteiger partial charge in [0.05, 0.1) is 21.8 Å². The third kappa shape index (κ3) is 5.64. The van der Waals surface area contributed by atoms with Crippen molar-refractivity contribution in [1.29, 1.82) is 0 Å². The summed E-state index contributed by atoms with van der Waals surface area (Å²) in [6.07, 6.45) is 2.00. The Balaban J connectivity index is 1.40. The van der Waals surface area contributed by atoms with Crippen LogP contribution in [0.4, 0.5) is 5.69 Å². The summed E-state index contributed by atoms with van der Waals surface area (Å²) in [6, 6.07) is 22.1. The standard InChI is InChI=1S/C28H24Cl2N4O2S/c1-17-5-8-19(9-6-17)32-25(35)13-15-34-27(26(33-28(34)37)22-4-2-3-14-31-22)24-12-11-23(36-24)18-7-10-20(29)21(30)16-18/h2-12,14,16,26-27H,13,15H2,1H3,(H,32,35)(H,33,37)/t26-,27+/m1/s1. The Kier molecular flexibility index (Phi) is 7.46. The van der Waals surface area contributed by atoms with Crippen molar-refractivity contribution in [3.05, 3.63) is 106 Å². The number of nitrogens with one attached hydrogen (secondary N) is 2. The number of nitrogens with zero attached hydrogens (tertiary/aromatic N) is 2. The molecule has 0 saturated carbocycles. The fraction of sp³-hybridized carbons (Fsp3) is 0.179. The molecule has 0 unspecified atom stereocenters. The molecule has 0 aliphatic carbocycles. The van der Waals surface area contributed by atoms with Gasteiger partial charge in [-0.05, 0) is 73.7 Å². The van der Waals surface area contributed by atoms with Gasteiger partial charge in [-0.15, -0.1) is 0 Å². The summed E-state index contributed by atoms with van der Waals surface area (Å²) in [6.45, 7) is 2.41. The number of halogens is 2. The molecule has 2 aromatic heterocycles. The fourth-order valence-corrected chi connectivity index (χ4v) is 4.98. The first-order chi connectivity index (χ1) is 17.9. The number of aromatic nitrogens is 1. The largest absolute Gasteiger partial charge is 0.459 e. The van der Waals surface area contributed by atoms with Gasteiger partial charge in [0, 0.05) is 30.4 Å². The third-order valence-corrected chi connectivity index (χ3v) is 7.33. The zero-order chi connectivity index (χ0) is 25.9. The first kappa shape index (κ1) is 25.3. The third-order valence-electron chi connectivity index (χ3n) is 6.24. The highest BCUT2D eigenvalue weighted by atomic mass is 35.5. The maximum absolute atomic E-state index is 12.7. The predicted molar refractivity (Wildman–Crippen MR) is 151 cm³/mol. The lowest BCUT2D eigenvalue weighted by molar-refractivity contribution is -0.116. The Hall–Kier alpha value is -3.39. The first-order valence-electron chi connectivity index (χ1n) is 11.8. The first-order valence-corrected chi connectivity index (χ1v) is 13.0. The molecule has 2 atom stereocenters.